The molecule has 1 aliphatic rings. The van der Waals surface area contributed by atoms with E-state index < -0.39 is 0 Å². The number of carbonyl (C=O) groups is 1. The zero-order chi connectivity index (χ0) is 23.3. The highest BCUT2D eigenvalue weighted by Gasteiger charge is 2.38. The molecule has 0 aliphatic heterocycles. The summed E-state index contributed by atoms with van der Waals surface area (Å²) in [5.74, 6) is 0.168. The number of amides is 1. The zero-order valence-electron chi connectivity index (χ0n) is 19.8. The number of nitrogens with zero attached hydrogens (tertiary/aromatic N) is 4. The number of aryl methyl sites for hydroxylation is 1. The molecular formula is C24H33N5O2S. The Balaban J connectivity index is 1.61. The van der Waals surface area contributed by atoms with Crippen molar-refractivity contribution in [1.82, 2.24) is 23.8 Å². The van der Waals surface area contributed by atoms with Gasteiger partial charge in [-0.15, -0.1) is 0 Å². The number of hydrogen-bond acceptors (Lipinski definition) is 5. The Morgan fingerprint density at radius 1 is 1.31 bits per heavy atom. The van der Waals surface area contributed by atoms with Crippen LogP contribution in [0.4, 0.5) is 0 Å². The second kappa shape index (κ2) is 8.14. The third kappa shape index (κ3) is 4.37. The average molecular weight is 456 g/mol. The standard InChI is InChI=1S/C24H33N5O2S/c1-23(2,3)14-29-18-8-7-17(26-20(18)28(6)22(29)31)15-9-10-24(4,5)19(11-15)27-21(30)16-12-25-32-13-16/h7-8,12-13,15,19H,9-11,14H2,1-6H3,(H,27,30). The Bertz CT molecular complexity index is 1180. The van der Waals surface area contributed by atoms with Gasteiger partial charge in [-0.25, -0.2) is 14.2 Å². The minimum absolute atomic E-state index is 0.00258. The van der Waals surface area contributed by atoms with Gasteiger partial charge in [0.1, 0.15) is 0 Å². The number of rotatable bonds is 4. The zero-order valence-corrected chi connectivity index (χ0v) is 20.6. The lowest BCUT2D eigenvalue weighted by atomic mass is 9.68. The molecule has 1 saturated carbocycles. The number of nitrogens with one attached hydrogen (secondary N) is 1. The Morgan fingerprint density at radius 3 is 2.72 bits per heavy atom. The fourth-order valence-corrected chi connectivity index (χ4v) is 5.18. The average Bonchev–Trinajstić information content (AvgIpc) is 3.33. The van der Waals surface area contributed by atoms with E-state index in [1.54, 1.807) is 23.2 Å². The molecule has 4 rings (SSSR count). The molecule has 2 unspecified atom stereocenters. The van der Waals surface area contributed by atoms with Crippen molar-refractivity contribution in [2.75, 3.05) is 0 Å². The summed E-state index contributed by atoms with van der Waals surface area (Å²) in [6.07, 6.45) is 4.44. The maximum atomic E-state index is 12.9. The van der Waals surface area contributed by atoms with E-state index in [1.807, 2.05) is 10.6 Å². The normalized spacial score (nSPS) is 21.1. The first-order chi connectivity index (χ1) is 15.0. The summed E-state index contributed by atoms with van der Waals surface area (Å²) in [5, 5.41) is 5.02. The van der Waals surface area contributed by atoms with Crippen LogP contribution < -0.4 is 11.0 Å². The molecule has 0 radical (unpaired) electrons. The number of pyridine rings is 1. The Kier molecular flexibility index (Phi) is 5.77. The number of carbonyl (C=O) groups excluding carboxylic acids is 1. The molecule has 32 heavy (non-hydrogen) atoms. The molecule has 1 fully saturated rings. The third-order valence-corrected chi connectivity index (χ3v) is 7.24. The molecule has 8 heteroatoms. The van der Waals surface area contributed by atoms with Crippen LogP contribution in [0.5, 0.6) is 0 Å². The second-order valence-electron chi connectivity index (χ2n) is 11.0. The monoisotopic (exact) mass is 455 g/mol. The molecule has 2 atom stereocenters. The maximum Gasteiger partial charge on any atom is 0.330 e. The van der Waals surface area contributed by atoms with Crippen LogP contribution in [0.1, 0.15) is 75.9 Å². The first-order valence-corrected chi connectivity index (χ1v) is 12.1. The predicted molar refractivity (Wildman–Crippen MR) is 128 cm³/mol. The van der Waals surface area contributed by atoms with Crippen LogP contribution in [0, 0.1) is 10.8 Å². The van der Waals surface area contributed by atoms with E-state index in [-0.39, 0.29) is 34.4 Å². The van der Waals surface area contributed by atoms with Crippen LogP contribution >= 0.6 is 11.5 Å². The van der Waals surface area contributed by atoms with E-state index in [2.05, 4.69) is 50.4 Å². The topological polar surface area (TPSA) is 81.8 Å². The van der Waals surface area contributed by atoms with Gasteiger partial charge in [-0.05, 0) is 53.8 Å². The summed E-state index contributed by atoms with van der Waals surface area (Å²) in [5.41, 5.74) is 3.18. The molecule has 0 bridgehead atoms. The highest BCUT2D eigenvalue weighted by Crippen LogP contribution is 2.42. The highest BCUT2D eigenvalue weighted by molar-refractivity contribution is 7.03. The molecule has 3 heterocycles. The van der Waals surface area contributed by atoms with E-state index in [4.69, 9.17) is 4.98 Å². The largest absolute Gasteiger partial charge is 0.349 e. The van der Waals surface area contributed by atoms with Crippen molar-refractivity contribution in [2.45, 2.75) is 72.4 Å². The Labute approximate surface area is 193 Å². The van der Waals surface area contributed by atoms with Gasteiger partial charge in [0.05, 0.1) is 17.3 Å². The molecule has 7 nitrogen and oxygen atoms in total. The molecule has 0 saturated heterocycles. The van der Waals surface area contributed by atoms with Crippen LogP contribution in [0.3, 0.4) is 0 Å². The highest BCUT2D eigenvalue weighted by atomic mass is 32.1. The minimum atomic E-state index is -0.0671. The summed E-state index contributed by atoms with van der Waals surface area (Å²) in [4.78, 5) is 30.5. The Morgan fingerprint density at radius 2 is 2.06 bits per heavy atom. The molecule has 0 aromatic carbocycles. The van der Waals surface area contributed by atoms with Crippen molar-refractivity contribution >= 4 is 28.6 Å². The molecule has 3 aromatic heterocycles. The second-order valence-corrected chi connectivity index (χ2v) is 11.6. The fraction of sp³-hybridized carbons (Fsp3) is 0.583. The van der Waals surface area contributed by atoms with Crippen molar-refractivity contribution in [3.8, 4) is 0 Å². The van der Waals surface area contributed by atoms with E-state index in [9.17, 15) is 9.59 Å². The number of imidazole rings is 1. The van der Waals surface area contributed by atoms with E-state index >= 15 is 0 Å². The smallest absolute Gasteiger partial charge is 0.330 e. The number of fused-ring (bicyclic) bond motifs is 1. The maximum absolute atomic E-state index is 12.9. The van der Waals surface area contributed by atoms with Crippen LogP contribution in [0.2, 0.25) is 0 Å². The van der Waals surface area contributed by atoms with E-state index in [0.717, 1.165) is 36.1 Å². The molecular weight excluding hydrogens is 422 g/mol. The lowest BCUT2D eigenvalue weighted by Gasteiger charge is -2.42. The lowest BCUT2D eigenvalue weighted by Crippen LogP contribution is -2.48. The van der Waals surface area contributed by atoms with Crippen LogP contribution in [-0.4, -0.2) is 30.4 Å². The molecule has 1 amide bonds. The van der Waals surface area contributed by atoms with Crippen molar-refractivity contribution in [3.05, 3.63) is 45.5 Å². The minimum Gasteiger partial charge on any atom is -0.349 e. The quantitative estimate of drug-likeness (QED) is 0.635. The third-order valence-electron chi connectivity index (χ3n) is 6.65. The first kappa shape index (κ1) is 22.7. The van der Waals surface area contributed by atoms with Crippen molar-refractivity contribution in [1.29, 1.82) is 0 Å². The van der Waals surface area contributed by atoms with Crippen molar-refractivity contribution in [2.24, 2.45) is 17.9 Å². The summed E-state index contributed by atoms with van der Waals surface area (Å²) in [6.45, 7) is 11.5. The SMILES string of the molecule is Cn1c(=O)n(CC(C)(C)C)c2ccc(C3CCC(C)(C)C(NC(=O)c4cnsc4)C3)nc21. The lowest BCUT2D eigenvalue weighted by molar-refractivity contribution is 0.0837. The van der Waals surface area contributed by atoms with Gasteiger partial charge >= 0.3 is 5.69 Å². The van der Waals surface area contributed by atoms with Gasteiger partial charge in [-0.2, -0.15) is 0 Å². The molecule has 0 spiro atoms. The molecule has 1 N–H and O–H groups in total. The Hall–Kier alpha value is -2.48. The first-order valence-electron chi connectivity index (χ1n) is 11.2. The molecule has 1 aliphatic carbocycles. The van der Waals surface area contributed by atoms with Gasteiger partial charge < -0.3 is 5.32 Å². The summed E-state index contributed by atoms with van der Waals surface area (Å²) < 4.78 is 7.52. The predicted octanol–water partition coefficient (Wildman–Crippen LogP) is 4.33. The van der Waals surface area contributed by atoms with E-state index in [0.29, 0.717) is 12.1 Å². The summed E-state index contributed by atoms with van der Waals surface area (Å²) >= 11 is 1.29. The van der Waals surface area contributed by atoms with Gasteiger partial charge in [-0.3, -0.25) is 13.9 Å². The van der Waals surface area contributed by atoms with Gasteiger partial charge in [0.15, 0.2) is 5.65 Å². The summed E-state index contributed by atoms with van der Waals surface area (Å²) in [6, 6.07) is 4.14. The van der Waals surface area contributed by atoms with Crippen molar-refractivity contribution < 1.29 is 4.79 Å². The van der Waals surface area contributed by atoms with E-state index in [1.165, 1.54) is 11.5 Å². The van der Waals surface area contributed by atoms with Crippen LogP contribution in [0.25, 0.3) is 11.2 Å². The van der Waals surface area contributed by atoms with Crippen LogP contribution in [0.15, 0.2) is 28.5 Å². The van der Waals surface area contributed by atoms with Gasteiger partial charge in [0.25, 0.3) is 5.91 Å². The number of aromatic nitrogens is 4. The number of hydrogen-bond donors (Lipinski definition) is 1. The van der Waals surface area contributed by atoms with Gasteiger partial charge in [-0.1, -0.05) is 34.6 Å². The van der Waals surface area contributed by atoms with Gasteiger partial charge in [0.2, 0.25) is 0 Å². The van der Waals surface area contributed by atoms with Gasteiger partial charge in [0, 0.05) is 36.6 Å². The van der Waals surface area contributed by atoms with Crippen molar-refractivity contribution in [3.63, 3.8) is 0 Å². The molecule has 3 aromatic rings. The van der Waals surface area contributed by atoms with Crippen LogP contribution in [-0.2, 0) is 13.6 Å². The molecule has 172 valence electrons. The fourth-order valence-electron chi connectivity index (χ4n) is 4.67. The summed E-state index contributed by atoms with van der Waals surface area (Å²) in [7, 11) is 1.79.